The van der Waals surface area contributed by atoms with Crippen LogP contribution in [0.25, 0.3) is 11.0 Å². The lowest BCUT2D eigenvalue weighted by atomic mass is 10.1. The van der Waals surface area contributed by atoms with Gasteiger partial charge in [-0.15, -0.1) is 0 Å². The Hall–Kier alpha value is -3.44. The van der Waals surface area contributed by atoms with Gasteiger partial charge in [0.05, 0.1) is 11.0 Å². The lowest BCUT2D eigenvalue weighted by Gasteiger charge is -2.20. The number of halogens is 7. The van der Waals surface area contributed by atoms with Crippen molar-refractivity contribution in [1.82, 2.24) is 9.55 Å². The molecule has 12 heteroatoms. The van der Waals surface area contributed by atoms with Crippen LogP contribution in [0.3, 0.4) is 0 Å². The molecule has 3 aromatic rings. The molecule has 0 radical (unpaired) electrons. The van der Waals surface area contributed by atoms with E-state index < -0.39 is 58.3 Å². The van der Waals surface area contributed by atoms with Crippen molar-refractivity contribution in [2.75, 3.05) is 5.32 Å². The summed E-state index contributed by atoms with van der Waals surface area (Å²) in [6.07, 6.45) is -5.16. The summed E-state index contributed by atoms with van der Waals surface area (Å²) < 4.78 is 95.2. The zero-order valence-electron chi connectivity index (χ0n) is 16.7. The van der Waals surface area contributed by atoms with Crippen molar-refractivity contribution in [2.24, 2.45) is 0 Å². The normalized spacial score (nSPS) is 12.8. The highest BCUT2D eigenvalue weighted by Gasteiger charge is 2.38. The van der Waals surface area contributed by atoms with Crippen molar-refractivity contribution < 1.29 is 35.5 Å². The quantitative estimate of drug-likeness (QED) is 0.451. The highest BCUT2D eigenvalue weighted by atomic mass is 19.4. The molecule has 1 heterocycles. The second kappa shape index (κ2) is 7.92. The largest absolute Gasteiger partial charge is 0.438 e. The molecule has 0 aliphatic carbocycles. The highest BCUT2D eigenvalue weighted by Crippen LogP contribution is 2.29. The molecule has 1 amide bonds. The van der Waals surface area contributed by atoms with E-state index in [0.717, 1.165) is 6.92 Å². The molecule has 0 spiro atoms. The van der Waals surface area contributed by atoms with Crippen molar-refractivity contribution in [3.05, 3.63) is 68.6 Å². The van der Waals surface area contributed by atoms with Gasteiger partial charge in [0.2, 0.25) is 11.6 Å². The van der Waals surface area contributed by atoms with Gasteiger partial charge in [-0.3, -0.25) is 14.2 Å². The number of nitrogens with zero attached hydrogens (tertiary/aromatic N) is 2. The first-order chi connectivity index (χ1) is 14.7. The summed E-state index contributed by atoms with van der Waals surface area (Å²) in [5, 5.41) is 1.60. The van der Waals surface area contributed by atoms with Crippen LogP contribution in [-0.4, -0.2) is 15.5 Å². The summed E-state index contributed by atoms with van der Waals surface area (Å²) in [6.45, 7) is 4.18. The number of benzene rings is 2. The number of hydrogen-bond acceptors (Lipinski definition) is 3. The van der Waals surface area contributed by atoms with Crippen molar-refractivity contribution in [1.29, 1.82) is 0 Å². The van der Waals surface area contributed by atoms with Crippen LogP contribution in [0.4, 0.5) is 36.4 Å². The Morgan fingerprint density at radius 3 is 2.06 bits per heavy atom. The fourth-order valence-electron chi connectivity index (χ4n) is 3.06. The zero-order valence-corrected chi connectivity index (χ0v) is 16.7. The number of aromatic nitrogens is 2. The second-order valence-corrected chi connectivity index (χ2v) is 7.07. The fraction of sp³-hybridized carbons (Fsp3) is 0.250. The number of anilines is 1. The summed E-state index contributed by atoms with van der Waals surface area (Å²) in [5.41, 5.74) is -4.25. The average molecular weight is 461 g/mol. The van der Waals surface area contributed by atoms with E-state index in [-0.39, 0.29) is 17.1 Å². The van der Waals surface area contributed by atoms with Gasteiger partial charge in [-0.05, 0) is 44.0 Å². The van der Waals surface area contributed by atoms with Crippen LogP contribution in [0.2, 0.25) is 0 Å². The number of hydrogen-bond donors (Lipinski definition) is 1. The number of alkyl halides is 3. The van der Waals surface area contributed by atoms with Crippen LogP contribution in [0, 0.1) is 37.1 Å². The van der Waals surface area contributed by atoms with Gasteiger partial charge >= 0.3 is 6.18 Å². The molecule has 1 unspecified atom stereocenters. The number of carbonyl (C=O) groups excluding carboxylic acids is 1. The van der Waals surface area contributed by atoms with Gasteiger partial charge in [0.1, 0.15) is 11.7 Å². The van der Waals surface area contributed by atoms with Gasteiger partial charge in [0.15, 0.2) is 23.3 Å². The summed E-state index contributed by atoms with van der Waals surface area (Å²) in [5.74, 6) is -8.83. The third-order valence-electron chi connectivity index (χ3n) is 4.90. The summed E-state index contributed by atoms with van der Waals surface area (Å²) in [7, 11) is 0. The van der Waals surface area contributed by atoms with Crippen LogP contribution in [0.5, 0.6) is 0 Å². The molecule has 170 valence electrons. The van der Waals surface area contributed by atoms with Crippen molar-refractivity contribution >= 4 is 22.6 Å². The van der Waals surface area contributed by atoms with Crippen LogP contribution >= 0.6 is 0 Å². The summed E-state index contributed by atoms with van der Waals surface area (Å²) in [6, 6.07) is 0.750. The van der Waals surface area contributed by atoms with Crippen molar-refractivity contribution in [2.45, 2.75) is 33.0 Å². The first kappa shape index (κ1) is 23.2. The molecule has 0 fully saturated rings. The van der Waals surface area contributed by atoms with E-state index in [1.54, 1.807) is 19.2 Å². The van der Waals surface area contributed by atoms with Crippen LogP contribution in [0.1, 0.15) is 29.8 Å². The lowest BCUT2D eigenvalue weighted by molar-refractivity contribution is -0.142. The Labute approximate surface area is 175 Å². The Bertz CT molecular complexity index is 1290. The molecule has 0 aliphatic heterocycles. The first-order valence-corrected chi connectivity index (χ1v) is 8.98. The standard InChI is InChI=1S/C20H14F7N3O2/c1-7-4-12-13(5-8(7)2)30(19(32)17(28-12)20(25,26)27)9(3)18(31)29-16-14(23)10(21)6-11(22)15(16)24/h4-6,9H,1-3H3,(H,29,31). The summed E-state index contributed by atoms with van der Waals surface area (Å²) >= 11 is 0. The average Bonchev–Trinajstić information content (AvgIpc) is 2.69. The van der Waals surface area contributed by atoms with E-state index in [1.165, 1.54) is 12.1 Å². The number of aryl methyl sites for hydroxylation is 2. The SMILES string of the molecule is Cc1cc2nc(C(F)(F)F)c(=O)n(C(C)C(=O)Nc3c(F)c(F)cc(F)c3F)c2cc1C. The molecule has 3 rings (SSSR count). The Kier molecular flexibility index (Phi) is 5.75. The molecule has 0 saturated heterocycles. The maximum Gasteiger partial charge on any atom is 0.438 e. The van der Waals surface area contributed by atoms with Gasteiger partial charge in [0, 0.05) is 6.07 Å². The van der Waals surface area contributed by atoms with E-state index in [9.17, 15) is 40.3 Å². The van der Waals surface area contributed by atoms with Gasteiger partial charge < -0.3 is 5.32 Å². The molecule has 5 nitrogen and oxygen atoms in total. The summed E-state index contributed by atoms with van der Waals surface area (Å²) in [4.78, 5) is 28.6. The first-order valence-electron chi connectivity index (χ1n) is 8.98. The molecule has 1 atom stereocenters. The Morgan fingerprint density at radius 2 is 1.53 bits per heavy atom. The number of rotatable bonds is 3. The Balaban J connectivity index is 2.21. The molecule has 32 heavy (non-hydrogen) atoms. The predicted octanol–water partition coefficient (Wildman–Crippen LogP) is 4.79. The van der Waals surface area contributed by atoms with Crippen LogP contribution in [0.15, 0.2) is 23.0 Å². The van der Waals surface area contributed by atoms with Gasteiger partial charge in [-0.2, -0.15) is 13.2 Å². The van der Waals surface area contributed by atoms with Gasteiger partial charge in [-0.25, -0.2) is 22.5 Å². The van der Waals surface area contributed by atoms with E-state index >= 15 is 0 Å². The molecule has 0 saturated carbocycles. The van der Waals surface area contributed by atoms with Crippen LogP contribution < -0.4 is 10.9 Å². The topological polar surface area (TPSA) is 64.0 Å². The molecular weight excluding hydrogens is 447 g/mol. The van der Waals surface area contributed by atoms with Crippen molar-refractivity contribution in [3.8, 4) is 0 Å². The molecule has 1 N–H and O–H groups in total. The smallest absolute Gasteiger partial charge is 0.319 e. The third kappa shape index (κ3) is 3.92. The van der Waals surface area contributed by atoms with Gasteiger partial charge in [-0.1, -0.05) is 0 Å². The van der Waals surface area contributed by atoms with E-state index in [2.05, 4.69) is 4.98 Å². The minimum Gasteiger partial charge on any atom is -0.319 e. The van der Waals surface area contributed by atoms with Crippen LogP contribution in [-0.2, 0) is 11.0 Å². The minimum absolute atomic E-state index is 0.0780. The number of fused-ring (bicyclic) bond motifs is 1. The number of carbonyl (C=O) groups is 1. The molecule has 0 aliphatic rings. The number of amides is 1. The molecule has 2 aromatic carbocycles. The van der Waals surface area contributed by atoms with Crippen molar-refractivity contribution in [3.63, 3.8) is 0 Å². The van der Waals surface area contributed by atoms with E-state index in [0.29, 0.717) is 15.7 Å². The third-order valence-corrected chi connectivity index (χ3v) is 4.90. The monoisotopic (exact) mass is 461 g/mol. The second-order valence-electron chi connectivity index (χ2n) is 7.07. The van der Waals surface area contributed by atoms with E-state index in [1.807, 2.05) is 0 Å². The molecule has 1 aromatic heterocycles. The predicted molar refractivity (Wildman–Crippen MR) is 100 cm³/mol. The minimum atomic E-state index is -5.16. The highest BCUT2D eigenvalue weighted by molar-refractivity contribution is 5.94. The molecular formula is C20H14F7N3O2. The Morgan fingerprint density at radius 1 is 1.00 bits per heavy atom. The molecule has 0 bridgehead atoms. The zero-order chi connectivity index (χ0) is 24.1. The lowest BCUT2D eigenvalue weighted by Crippen LogP contribution is -2.37. The maximum atomic E-state index is 13.9. The van der Waals surface area contributed by atoms with E-state index in [4.69, 9.17) is 0 Å². The maximum absolute atomic E-state index is 13.9. The fourth-order valence-corrected chi connectivity index (χ4v) is 3.06. The number of nitrogens with one attached hydrogen (secondary N) is 1. The van der Waals surface area contributed by atoms with Gasteiger partial charge in [0.25, 0.3) is 5.56 Å².